The zero-order chi connectivity index (χ0) is 11.4. The fraction of sp³-hybridized carbons (Fsp3) is 0.400. The third-order valence-corrected chi connectivity index (χ3v) is 2.27. The second kappa shape index (κ2) is 4.98. The van der Waals surface area contributed by atoms with E-state index in [1.165, 1.54) is 13.3 Å². The van der Waals surface area contributed by atoms with E-state index in [0.29, 0.717) is 23.0 Å². The number of rotatable bonds is 3. The number of pyridine rings is 1. The van der Waals surface area contributed by atoms with Crippen LogP contribution in [0.4, 0.5) is 0 Å². The quantitative estimate of drug-likeness (QED) is 0.793. The molecule has 0 aliphatic rings. The Morgan fingerprint density at radius 3 is 2.87 bits per heavy atom. The molecule has 0 bridgehead atoms. The average Bonchev–Trinajstić information content (AvgIpc) is 2.27. The SMILES string of the molecule is CCN(C)C(=O)c1cc(Cl)cnc1OC. The largest absolute Gasteiger partial charge is 0.480 e. The highest BCUT2D eigenvalue weighted by Gasteiger charge is 2.16. The standard InChI is InChI=1S/C10H13ClN2O2/c1-4-13(2)10(14)8-5-7(11)6-12-9(8)15-3/h5-6H,4H2,1-3H3. The van der Waals surface area contributed by atoms with Gasteiger partial charge >= 0.3 is 0 Å². The first kappa shape index (κ1) is 11.8. The predicted octanol–water partition coefficient (Wildman–Crippen LogP) is 1.84. The van der Waals surface area contributed by atoms with Crippen molar-refractivity contribution in [2.24, 2.45) is 0 Å². The van der Waals surface area contributed by atoms with E-state index in [-0.39, 0.29) is 5.91 Å². The van der Waals surface area contributed by atoms with Crippen LogP contribution in [0.25, 0.3) is 0 Å². The van der Waals surface area contributed by atoms with E-state index in [2.05, 4.69) is 4.98 Å². The van der Waals surface area contributed by atoms with Crippen LogP contribution in [0.5, 0.6) is 5.88 Å². The normalized spacial score (nSPS) is 9.87. The summed E-state index contributed by atoms with van der Waals surface area (Å²) >= 11 is 5.78. The molecule has 1 aromatic rings. The number of hydrogen-bond donors (Lipinski definition) is 0. The molecule has 0 aliphatic carbocycles. The fourth-order valence-corrected chi connectivity index (χ4v) is 1.25. The van der Waals surface area contributed by atoms with E-state index in [1.807, 2.05) is 6.92 Å². The molecule has 5 heteroatoms. The highest BCUT2D eigenvalue weighted by Crippen LogP contribution is 2.20. The van der Waals surface area contributed by atoms with Crippen LogP contribution < -0.4 is 4.74 Å². The molecule has 0 atom stereocenters. The molecule has 0 fully saturated rings. The maximum atomic E-state index is 11.9. The summed E-state index contributed by atoms with van der Waals surface area (Å²) in [4.78, 5) is 17.4. The van der Waals surface area contributed by atoms with Crippen molar-refractivity contribution in [3.05, 3.63) is 22.8 Å². The predicted molar refractivity (Wildman–Crippen MR) is 58.4 cm³/mol. The van der Waals surface area contributed by atoms with E-state index < -0.39 is 0 Å². The average molecular weight is 229 g/mol. The Labute approximate surface area is 93.8 Å². The fourth-order valence-electron chi connectivity index (χ4n) is 1.09. The number of halogens is 1. The Balaban J connectivity index is 3.11. The van der Waals surface area contributed by atoms with Gasteiger partial charge < -0.3 is 9.64 Å². The summed E-state index contributed by atoms with van der Waals surface area (Å²) in [5.41, 5.74) is 0.384. The molecule has 1 heterocycles. The zero-order valence-electron chi connectivity index (χ0n) is 8.95. The molecule has 1 aromatic heterocycles. The van der Waals surface area contributed by atoms with Crippen LogP contribution in [-0.4, -0.2) is 36.5 Å². The van der Waals surface area contributed by atoms with Gasteiger partial charge in [0.1, 0.15) is 5.56 Å². The van der Waals surface area contributed by atoms with Crippen molar-refractivity contribution < 1.29 is 9.53 Å². The third kappa shape index (κ3) is 2.59. The minimum Gasteiger partial charge on any atom is -0.480 e. The number of ether oxygens (including phenoxy) is 1. The van der Waals surface area contributed by atoms with Gasteiger partial charge in [0.25, 0.3) is 5.91 Å². The summed E-state index contributed by atoms with van der Waals surface area (Å²) in [7, 11) is 3.18. The highest BCUT2D eigenvalue weighted by molar-refractivity contribution is 6.30. The molecule has 1 rings (SSSR count). The highest BCUT2D eigenvalue weighted by atomic mass is 35.5. The molecule has 0 aliphatic heterocycles. The van der Waals surface area contributed by atoms with Crippen LogP contribution in [0.1, 0.15) is 17.3 Å². The molecular formula is C10H13ClN2O2. The molecule has 1 amide bonds. The number of carbonyl (C=O) groups excluding carboxylic acids is 1. The van der Waals surface area contributed by atoms with Gasteiger partial charge in [-0.1, -0.05) is 11.6 Å². The number of methoxy groups -OCH3 is 1. The lowest BCUT2D eigenvalue weighted by Crippen LogP contribution is -2.26. The van der Waals surface area contributed by atoms with Gasteiger partial charge in [-0.15, -0.1) is 0 Å². The van der Waals surface area contributed by atoms with Crippen LogP contribution >= 0.6 is 11.6 Å². The molecule has 0 radical (unpaired) electrons. The van der Waals surface area contributed by atoms with E-state index in [1.54, 1.807) is 18.0 Å². The second-order valence-electron chi connectivity index (χ2n) is 3.03. The zero-order valence-corrected chi connectivity index (χ0v) is 9.71. The number of aromatic nitrogens is 1. The summed E-state index contributed by atoms with van der Waals surface area (Å²) in [5, 5.41) is 0.420. The topological polar surface area (TPSA) is 42.4 Å². The number of amides is 1. The van der Waals surface area contributed by atoms with E-state index in [4.69, 9.17) is 16.3 Å². The lowest BCUT2D eigenvalue weighted by atomic mass is 10.2. The third-order valence-electron chi connectivity index (χ3n) is 2.06. The van der Waals surface area contributed by atoms with Crippen molar-refractivity contribution in [1.82, 2.24) is 9.88 Å². The van der Waals surface area contributed by atoms with E-state index >= 15 is 0 Å². The number of nitrogens with zero attached hydrogens (tertiary/aromatic N) is 2. The Morgan fingerprint density at radius 2 is 2.33 bits per heavy atom. The first-order chi connectivity index (χ1) is 7.10. The minimum atomic E-state index is -0.149. The van der Waals surface area contributed by atoms with Crippen molar-refractivity contribution in [2.45, 2.75) is 6.92 Å². The number of carbonyl (C=O) groups is 1. The molecule has 82 valence electrons. The van der Waals surface area contributed by atoms with Crippen LogP contribution in [0, 0.1) is 0 Å². The minimum absolute atomic E-state index is 0.149. The lowest BCUT2D eigenvalue weighted by molar-refractivity contribution is 0.0798. The summed E-state index contributed by atoms with van der Waals surface area (Å²) in [6.07, 6.45) is 1.45. The molecule has 4 nitrogen and oxygen atoms in total. The van der Waals surface area contributed by atoms with Gasteiger partial charge in [-0.05, 0) is 13.0 Å². The summed E-state index contributed by atoms with van der Waals surface area (Å²) in [6, 6.07) is 1.56. The maximum Gasteiger partial charge on any atom is 0.259 e. The van der Waals surface area contributed by atoms with Crippen LogP contribution in [0.3, 0.4) is 0 Å². The Hall–Kier alpha value is -1.29. The van der Waals surface area contributed by atoms with Crippen molar-refractivity contribution in [1.29, 1.82) is 0 Å². The molecule has 0 aromatic carbocycles. The second-order valence-corrected chi connectivity index (χ2v) is 3.47. The van der Waals surface area contributed by atoms with Gasteiger partial charge in [0, 0.05) is 19.8 Å². The smallest absolute Gasteiger partial charge is 0.259 e. The monoisotopic (exact) mass is 228 g/mol. The summed E-state index contributed by atoms with van der Waals surface area (Å²) in [6.45, 7) is 2.51. The van der Waals surface area contributed by atoms with Gasteiger partial charge in [-0.2, -0.15) is 0 Å². The maximum absolute atomic E-state index is 11.9. The van der Waals surface area contributed by atoms with Crippen LogP contribution in [0.15, 0.2) is 12.3 Å². The molecular weight excluding hydrogens is 216 g/mol. The first-order valence-electron chi connectivity index (χ1n) is 4.55. The van der Waals surface area contributed by atoms with Gasteiger partial charge in [0.15, 0.2) is 0 Å². The van der Waals surface area contributed by atoms with Gasteiger partial charge in [-0.25, -0.2) is 4.98 Å². The van der Waals surface area contributed by atoms with Crippen molar-refractivity contribution in [3.63, 3.8) is 0 Å². The lowest BCUT2D eigenvalue weighted by Gasteiger charge is -2.15. The molecule has 0 N–H and O–H groups in total. The Morgan fingerprint density at radius 1 is 1.67 bits per heavy atom. The molecule has 0 unspecified atom stereocenters. The van der Waals surface area contributed by atoms with E-state index in [9.17, 15) is 4.79 Å². The number of hydrogen-bond acceptors (Lipinski definition) is 3. The van der Waals surface area contributed by atoms with E-state index in [0.717, 1.165) is 0 Å². The Kier molecular flexibility index (Phi) is 3.91. The van der Waals surface area contributed by atoms with Crippen molar-refractivity contribution in [2.75, 3.05) is 20.7 Å². The Bertz CT molecular complexity index is 368. The van der Waals surface area contributed by atoms with Crippen LogP contribution in [0.2, 0.25) is 5.02 Å². The van der Waals surface area contributed by atoms with Gasteiger partial charge in [0.2, 0.25) is 5.88 Å². The molecule has 0 saturated carbocycles. The summed E-state index contributed by atoms with van der Waals surface area (Å²) < 4.78 is 5.00. The molecule has 0 spiro atoms. The summed E-state index contributed by atoms with van der Waals surface area (Å²) in [5.74, 6) is 0.147. The van der Waals surface area contributed by atoms with Crippen molar-refractivity contribution >= 4 is 17.5 Å². The first-order valence-corrected chi connectivity index (χ1v) is 4.93. The van der Waals surface area contributed by atoms with Crippen LogP contribution in [-0.2, 0) is 0 Å². The molecule has 0 saturated heterocycles. The molecule has 15 heavy (non-hydrogen) atoms. The van der Waals surface area contributed by atoms with Gasteiger partial charge in [-0.3, -0.25) is 4.79 Å². The van der Waals surface area contributed by atoms with Gasteiger partial charge in [0.05, 0.1) is 12.1 Å². The van der Waals surface area contributed by atoms with Crippen molar-refractivity contribution in [3.8, 4) is 5.88 Å².